The van der Waals surface area contributed by atoms with Crippen LogP contribution in [0.5, 0.6) is 0 Å². The number of rotatable bonds is 4. The van der Waals surface area contributed by atoms with Gasteiger partial charge in [-0.05, 0) is 49.4 Å². The Morgan fingerprint density at radius 1 is 1.32 bits per heavy atom. The number of methoxy groups -OCH3 is 1. The molecule has 1 aliphatic carbocycles. The maximum atomic E-state index is 6.03. The van der Waals surface area contributed by atoms with Gasteiger partial charge in [0, 0.05) is 44.3 Å². The van der Waals surface area contributed by atoms with E-state index in [2.05, 4.69) is 35.0 Å². The smallest absolute Gasteiger partial charge is 0.0991 e. The zero-order valence-electron chi connectivity index (χ0n) is 15.1. The van der Waals surface area contributed by atoms with Gasteiger partial charge in [-0.15, -0.1) is 0 Å². The molecule has 1 aromatic carbocycles. The molecule has 0 N–H and O–H groups in total. The third kappa shape index (κ3) is 3.50. The van der Waals surface area contributed by atoms with Crippen LogP contribution < -0.4 is 0 Å². The molecule has 0 spiro atoms. The summed E-state index contributed by atoms with van der Waals surface area (Å²) in [6.07, 6.45) is 9.67. The number of nitrogens with zero attached hydrogens (tertiary/aromatic N) is 3. The fraction of sp³-hybridized carbons (Fsp3) is 0.550. The molecule has 4 rings (SSSR count). The van der Waals surface area contributed by atoms with Crippen molar-refractivity contribution >= 4 is 0 Å². The van der Waals surface area contributed by atoms with E-state index in [1.54, 1.807) is 0 Å². The molecule has 2 fully saturated rings. The second-order valence-corrected chi connectivity index (χ2v) is 7.20. The summed E-state index contributed by atoms with van der Waals surface area (Å²) >= 11 is 0. The minimum atomic E-state index is 0.366. The zero-order chi connectivity index (χ0) is 17.2. The summed E-state index contributed by atoms with van der Waals surface area (Å²) in [5.41, 5.74) is 3.88. The standard InChI is InChI=1S/C20H27N3O2/c1-15-11-17(23-8-7-21-14-23)4-3-16(15)13-22-9-10-25-20-6-5-18(24-2)12-19(20)22/h3-4,7-8,11,14,18-20H,5-6,9-10,12-13H2,1-2H3/t18-,19-,20+/m1/s1. The number of hydrogen-bond acceptors (Lipinski definition) is 4. The molecule has 0 bridgehead atoms. The predicted octanol–water partition coefficient (Wildman–Crippen LogP) is 2.95. The fourth-order valence-corrected chi connectivity index (χ4v) is 4.21. The molecule has 2 aromatic rings. The van der Waals surface area contributed by atoms with Gasteiger partial charge in [0.2, 0.25) is 0 Å². The van der Waals surface area contributed by atoms with Crippen LogP contribution in [0.2, 0.25) is 0 Å². The Hall–Kier alpha value is -1.69. The summed E-state index contributed by atoms with van der Waals surface area (Å²) < 4.78 is 13.7. The summed E-state index contributed by atoms with van der Waals surface area (Å²) in [6, 6.07) is 7.15. The number of aryl methyl sites for hydroxylation is 1. The van der Waals surface area contributed by atoms with E-state index in [0.717, 1.165) is 44.6 Å². The summed E-state index contributed by atoms with van der Waals surface area (Å²) in [5.74, 6) is 0. The molecule has 3 atom stereocenters. The summed E-state index contributed by atoms with van der Waals surface area (Å²) in [5, 5.41) is 0. The van der Waals surface area contributed by atoms with Crippen LogP contribution in [0.1, 0.15) is 30.4 Å². The van der Waals surface area contributed by atoms with E-state index in [-0.39, 0.29) is 0 Å². The first kappa shape index (κ1) is 16.8. The van der Waals surface area contributed by atoms with Crippen LogP contribution in [0, 0.1) is 6.92 Å². The highest BCUT2D eigenvalue weighted by Crippen LogP contribution is 2.31. The molecule has 1 aliphatic heterocycles. The van der Waals surface area contributed by atoms with E-state index in [0.29, 0.717) is 18.2 Å². The van der Waals surface area contributed by atoms with Crippen LogP contribution in [0.15, 0.2) is 36.9 Å². The number of imidazole rings is 1. The molecule has 25 heavy (non-hydrogen) atoms. The quantitative estimate of drug-likeness (QED) is 0.857. The van der Waals surface area contributed by atoms with Crippen LogP contribution in [0.3, 0.4) is 0 Å². The van der Waals surface area contributed by atoms with Crippen LogP contribution in [-0.2, 0) is 16.0 Å². The molecule has 5 nitrogen and oxygen atoms in total. The largest absolute Gasteiger partial charge is 0.381 e. The molecule has 0 unspecified atom stereocenters. The Morgan fingerprint density at radius 3 is 3.00 bits per heavy atom. The van der Waals surface area contributed by atoms with Crippen molar-refractivity contribution in [3.8, 4) is 5.69 Å². The molecule has 2 heterocycles. The van der Waals surface area contributed by atoms with E-state index in [1.165, 1.54) is 11.1 Å². The van der Waals surface area contributed by atoms with Gasteiger partial charge in [0.05, 0.1) is 25.1 Å². The maximum Gasteiger partial charge on any atom is 0.0991 e. The highest BCUT2D eigenvalue weighted by Gasteiger charge is 2.37. The minimum Gasteiger partial charge on any atom is -0.381 e. The van der Waals surface area contributed by atoms with E-state index < -0.39 is 0 Å². The Kier molecular flexibility index (Phi) is 4.88. The van der Waals surface area contributed by atoms with Crippen molar-refractivity contribution in [1.82, 2.24) is 14.5 Å². The van der Waals surface area contributed by atoms with Crippen molar-refractivity contribution in [3.63, 3.8) is 0 Å². The van der Waals surface area contributed by atoms with Gasteiger partial charge in [0.1, 0.15) is 0 Å². The average molecular weight is 341 g/mol. The van der Waals surface area contributed by atoms with Crippen molar-refractivity contribution in [1.29, 1.82) is 0 Å². The second-order valence-electron chi connectivity index (χ2n) is 7.20. The fourth-order valence-electron chi connectivity index (χ4n) is 4.21. The maximum absolute atomic E-state index is 6.03. The minimum absolute atomic E-state index is 0.366. The van der Waals surface area contributed by atoms with Gasteiger partial charge in [-0.3, -0.25) is 4.90 Å². The van der Waals surface area contributed by atoms with Gasteiger partial charge in [-0.25, -0.2) is 4.98 Å². The number of morpholine rings is 1. The number of fused-ring (bicyclic) bond motifs is 1. The molecule has 2 aliphatic rings. The lowest BCUT2D eigenvalue weighted by Crippen LogP contribution is -2.54. The van der Waals surface area contributed by atoms with Gasteiger partial charge in [0.25, 0.3) is 0 Å². The SMILES string of the molecule is CO[C@@H]1CC[C@@H]2OCCN(Cc3ccc(-n4ccnc4)cc3C)[C@@H]2C1. The van der Waals surface area contributed by atoms with Gasteiger partial charge < -0.3 is 14.0 Å². The Balaban J connectivity index is 1.50. The average Bonchev–Trinajstić information content (AvgIpc) is 3.18. The molecule has 134 valence electrons. The van der Waals surface area contributed by atoms with E-state index in [4.69, 9.17) is 9.47 Å². The number of ether oxygens (including phenoxy) is 2. The Morgan fingerprint density at radius 2 is 2.24 bits per heavy atom. The molecule has 0 radical (unpaired) electrons. The molecule has 1 aromatic heterocycles. The first-order valence-corrected chi connectivity index (χ1v) is 9.21. The van der Waals surface area contributed by atoms with Crippen LogP contribution in [0.4, 0.5) is 0 Å². The summed E-state index contributed by atoms with van der Waals surface area (Å²) in [6.45, 7) is 5.02. The first-order valence-electron chi connectivity index (χ1n) is 9.21. The second kappa shape index (κ2) is 7.28. The lowest BCUT2D eigenvalue weighted by atomic mass is 9.87. The number of hydrogen-bond donors (Lipinski definition) is 0. The van der Waals surface area contributed by atoms with Gasteiger partial charge in [-0.2, -0.15) is 0 Å². The van der Waals surface area contributed by atoms with Crippen molar-refractivity contribution < 1.29 is 9.47 Å². The molecule has 1 saturated heterocycles. The summed E-state index contributed by atoms with van der Waals surface area (Å²) in [7, 11) is 1.83. The third-order valence-corrected chi connectivity index (χ3v) is 5.72. The van der Waals surface area contributed by atoms with Gasteiger partial charge in [0.15, 0.2) is 0 Å². The topological polar surface area (TPSA) is 39.5 Å². The molecule has 0 amide bonds. The van der Waals surface area contributed by atoms with Crippen LogP contribution in [0.25, 0.3) is 5.69 Å². The first-order chi connectivity index (χ1) is 12.2. The Bertz CT molecular complexity index is 701. The van der Waals surface area contributed by atoms with Crippen molar-refractivity contribution in [2.45, 2.75) is 51.0 Å². The summed E-state index contributed by atoms with van der Waals surface area (Å²) in [4.78, 5) is 6.73. The van der Waals surface area contributed by atoms with E-state index in [1.807, 2.05) is 30.4 Å². The molecular weight excluding hydrogens is 314 g/mol. The lowest BCUT2D eigenvalue weighted by Gasteiger charge is -2.45. The van der Waals surface area contributed by atoms with E-state index >= 15 is 0 Å². The zero-order valence-corrected chi connectivity index (χ0v) is 15.1. The molecule has 1 saturated carbocycles. The van der Waals surface area contributed by atoms with Gasteiger partial charge in [-0.1, -0.05) is 6.07 Å². The highest BCUT2D eigenvalue weighted by molar-refractivity contribution is 5.40. The van der Waals surface area contributed by atoms with Gasteiger partial charge >= 0.3 is 0 Å². The van der Waals surface area contributed by atoms with Crippen molar-refractivity contribution in [2.75, 3.05) is 20.3 Å². The van der Waals surface area contributed by atoms with E-state index in [9.17, 15) is 0 Å². The normalized spacial score (nSPS) is 27.2. The highest BCUT2D eigenvalue weighted by atomic mass is 16.5. The lowest BCUT2D eigenvalue weighted by molar-refractivity contribution is -0.116. The molecular formula is C20H27N3O2. The van der Waals surface area contributed by atoms with Crippen LogP contribution in [-0.4, -0.2) is 53.0 Å². The third-order valence-electron chi connectivity index (χ3n) is 5.72. The number of aromatic nitrogens is 2. The monoisotopic (exact) mass is 341 g/mol. The Labute approximate surface area is 149 Å². The molecule has 5 heteroatoms. The number of benzene rings is 1. The van der Waals surface area contributed by atoms with Crippen molar-refractivity contribution in [2.24, 2.45) is 0 Å². The van der Waals surface area contributed by atoms with Crippen LogP contribution >= 0.6 is 0 Å². The van der Waals surface area contributed by atoms with Crippen molar-refractivity contribution in [3.05, 3.63) is 48.0 Å². The predicted molar refractivity (Wildman–Crippen MR) is 96.9 cm³/mol.